The molecule has 1 N–H and O–H groups in total. The van der Waals surface area contributed by atoms with Crippen LogP contribution in [0.5, 0.6) is 5.75 Å². The van der Waals surface area contributed by atoms with Gasteiger partial charge in [-0.2, -0.15) is 4.37 Å². The monoisotopic (exact) mass is 516 g/mol. The SMILES string of the molecule is CCc1nsc(N2CCN(C(=NC)NCC(C)Oc3ccccc3)CC2)n1.I. The zero-order valence-corrected chi connectivity index (χ0v) is 19.8. The minimum absolute atomic E-state index is 0. The van der Waals surface area contributed by atoms with Crippen molar-refractivity contribution >= 4 is 46.6 Å². The molecule has 1 unspecified atom stereocenters. The summed E-state index contributed by atoms with van der Waals surface area (Å²) in [6.07, 6.45) is 0.940. The molecule has 154 valence electrons. The van der Waals surface area contributed by atoms with Crippen LogP contribution in [0.25, 0.3) is 0 Å². The molecule has 1 aromatic carbocycles. The molecule has 0 saturated carbocycles. The lowest BCUT2D eigenvalue weighted by Crippen LogP contribution is -2.53. The fourth-order valence-corrected chi connectivity index (χ4v) is 3.77. The van der Waals surface area contributed by atoms with Gasteiger partial charge in [-0.1, -0.05) is 25.1 Å². The van der Waals surface area contributed by atoms with Gasteiger partial charge >= 0.3 is 0 Å². The number of para-hydroxylation sites is 1. The number of hydrogen-bond acceptors (Lipinski definition) is 6. The molecule has 2 aromatic rings. The Labute approximate surface area is 188 Å². The number of nitrogens with one attached hydrogen (secondary N) is 1. The topological polar surface area (TPSA) is 65.9 Å². The van der Waals surface area contributed by atoms with Crippen LogP contribution in [0.15, 0.2) is 35.3 Å². The van der Waals surface area contributed by atoms with E-state index in [1.807, 2.05) is 37.4 Å². The van der Waals surface area contributed by atoms with E-state index in [4.69, 9.17) is 4.74 Å². The van der Waals surface area contributed by atoms with E-state index in [0.717, 1.165) is 55.3 Å². The van der Waals surface area contributed by atoms with E-state index in [1.54, 1.807) is 0 Å². The summed E-state index contributed by atoms with van der Waals surface area (Å²) in [5.74, 6) is 2.74. The lowest BCUT2D eigenvalue weighted by molar-refractivity contribution is 0.221. The van der Waals surface area contributed by atoms with Crippen molar-refractivity contribution in [2.24, 2.45) is 4.99 Å². The lowest BCUT2D eigenvalue weighted by Gasteiger charge is -2.36. The molecule has 1 fully saturated rings. The Morgan fingerprint density at radius 2 is 1.96 bits per heavy atom. The third kappa shape index (κ3) is 6.20. The number of ether oxygens (including phenoxy) is 1. The highest BCUT2D eigenvalue weighted by molar-refractivity contribution is 14.0. The standard InChI is InChI=1S/C19H28N6OS.HI/c1-4-17-22-19(27-23-17)25-12-10-24(11-13-25)18(20-3)21-14-15(2)26-16-8-6-5-7-9-16;/h5-9,15H,4,10-14H2,1-3H3,(H,20,21);1H. The number of nitrogens with zero attached hydrogens (tertiary/aromatic N) is 5. The zero-order valence-electron chi connectivity index (χ0n) is 16.7. The summed E-state index contributed by atoms with van der Waals surface area (Å²) < 4.78 is 10.3. The van der Waals surface area contributed by atoms with Crippen molar-refractivity contribution in [1.29, 1.82) is 0 Å². The van der Waals surface area contributed by atoms with Crippen LogP contribution in [0.3, 0.4) is 0 Å². The predicted molar refractivity (Wildman–Crippen MR) is 126 cm³/mol. The Morgan fingerprint density at radius 3 is 2.57 bits per heavy atom. The molecule has 0 spiro atoms. The molecule has 9 heteroatoms. The van der Waals surface area contributed by atoms with Gasteiger partial charge in [-0.05, 0) is 19.1 Å². The third-order valence-corrected chi connectivity index (χ3v) is 5.28. The van der Waals surface area contributed by atoms with Crippen molar-refractivity contribution < 1.29 is 4.74 Å². The quantitative estimate of drug-likeness (QED) is 0.362. The van der Waals surface area contributed by atoms with Crippen LogP contribution in [-0.4, -0.2) is 66.1 Å². The maximum Gasteiger partial charge on any atom is 0.205 e. The molecule has 0 amide bonds. The number of aryl methyl sites for hydroxylation is 1. The molecular weight excluding hydrogens is 487 g/mol. The first-order valence-corrected chi connectivity index (χ1v) is 10.2. The van der Waals surface area contributed by atoms with Crippen molar-refractivity contribution in [3.05, 3.63) is 36.2 Å². The molecule has 0 aliphatic carbocycles. The van der Waals surface area contributed by atoms with Crippen LogP contribution in [0.1, 0.15) is 19.7 Å². The molecule has 7 nitrogen and oxygen atoms in total. The first-order valence-electron chi connectivity index (χ1n) is 9.44. The Kier molecular flexibility index (Phi) is 9.23. The van der Waals surface area contributed by atoms with Crippen LogP contribution in [-0.2, 0) is 6.42 Å². The molecule has 3 rings (SSSR count). The molecule has 1 aliphatic rings. The zero-order chi connectivity index (χ0) is 19.1. The molecule has 28 heavy (non-hydrogen) atoms. The van der Waals surface area contributed by atoms with Gasteiger partial charge in [0.15, 0.2) is 5.96 Å². The van der Waals surface area contributed by atoms with Gasteiger partial charge in [0.2, 0.25) is 5.13 Å². The second-order valence-electron chi connectivity index (χ2n) is 6.49. The van der Waals surface area contributed by atoms with Gasteiger partial charge in [0.1, 0.15) is 17.7 Å². The summed E-state index contributed by atoms with van der Waals surface area (Å²) in [6.45, 7) is 8.53. The van der Waals surface area contributed by atoms with E-state index < -0.39 is 0 Å². The Bertz CT molecular complexity index is 733. The summed E-state index contributed by atoms with van der Waals surface area (Å²) in [7, 11) is 1.83. The molecule has 1 aliphatic heterocycles. The molecular formula is C19H29IN6OS. The maximum absolute atomic E-state index is 5.93. The number of halogens is 1. The average molecular weight is 516 g/mol. The van der Waals surface area contributed by atoms with E-state index in [9.17, 15) is 0 Å². The fourth-order valence-electron chi connectivity index (χ4n) is 2.97. The molecule has 0 bridgehead atoms. The summed E-state index contributed by atoms with van der Waals surface area (Å²) in [5, 5.41) is 4.46. The van der Waals surface area contributed by atoms with E-state index in [1.165, 1.54) is 11.5 Å². The average Bonchev–Trinajstić information content (AvgIpc) is 3.19. The predicted octanol–water partition coefficient (Wildman–Crippen LogP) is 2.88. The highest BCUT2D eigenvalue weighted by Gasteiger charge is 2.22. The second kappa shape index (κ2) is 11.4. The van der Waals surface area contributed by atoms with Gasteiger partial charge < -0.3 is 19.9 Å². The molecule has 0 radical (unpaired) electrons. The van der Waals surface area contributed by atoms with Crippen LogP contribution < -0.4 is 15.0 Å². The van der Waals surface area contributed by atoms with Crippen LogP contribution in [0.4, 0.5) is 5.13 Å². The van der Waals surface area contributed by atoms with Gasteiger partial charge in [-0.3, -0.25) is 4.99 Å². The first-order chi connectivity index (χ1) is 13.2. The smallest absolute Gasteiger partial charge is 0.205 e. The van der Waals surface area contributed by atoms with Gasteiger partial charge in [0.25, 0.3) is 0 Å². The Hall–Kier alpha value is -1.62. The number of benzene rings is 1. The van der Waals surface area contributed by atoms with Crippen LogP contribution in [0, 0.1) is 0 Å². The minimum atomic E-state index is 0. The van der Waals surface area contributed by atoms with Gasteiger partial charge in [-0.15, -0.1) is 24.0 Å². The largest absolute Gasteiger partial charge is 0.489 e. The van der Waals surface area contributed by atoms with Crippen molar-refractivity contribution in [1.82, 2.24) is 19.6 Å². The number of aromatic nitrogens is 2. The number of rotatable bonds is 6. The summed E-state index contributed by atoms with van der Waals surface area (Å²) in [6, 6.07) is 9.90. The van der Waals surface area contributed by atoms with Crippen molar-refractivity contribution in [3.63, 3.8) is 0 Å². The summed E-state index contributed by atoms with van der Waals surface area (Å²) in [5.41, 5.74) is 0. The number of aliphatic imine (C=N–C) groups is 1. The third-order valence-electron chi connectivity index (χ3n) is 4.46. The number of anilines is 1. The molecule has 1 atom stereocenters. The van der Waals surface area contributed by atoms with E-state index in [-0.39, 0.29) is 30.1 Å². The van der Waals surface area contributed by atoms with E-state index in [0.29, 0.717) is 6.54 Å². The van der Waals surface area contributed by atoms with Crippen molar-refractivity contribution in [3.8, 4) is 5.75 Å². The molecule has 1 saturated heterocycles. The minimum Gasteiger partial charge on any atom is -0.489 e. The van der Waals surface area contributed by atoms with Crippen molar-refractivity contribution in [2.75, 3.05) is 44.7 Å². The number of piperazine rings is 1. The lowest BCUT2D eigenvalue weighted by atomic mass is 10.3. The fraction of sp³-hybridized carbons (Fsp3) is 0.526. The van der Waals surface area contributed by atoms with Gasteiger partial charge in [0.05, 0.1) is 6.54 Å². The number of hydrogen-bond donors (Lipinski definition) is 1. The molecule has 2 heterocycles. The highest BCUT2D eigenvalue weighted by Crippen LogP contribution is 2.19. The van der Waals surface area contributed by atoms with Crippen LogP contribution in [0.2, 0.25) is 0 Å². The summed E-state index contributed by atoms with van der Waals surface area (Å²) >= 11 is 1.49. The second-order valence-corrected chi connectivity index (χ2v) is 7.22. The van der Waals surface area contributed by atoms with E-state index >= 15 is 0 Å². The number of guanidine groups is 1. The summed E-state index contributed by atoms with van der Waals surface area (Å²) in [4.78, 5) is 13.6. The Balaban J connectivity index is 0.00000280. The van der Waals surface area contributed by atoms with Gasteiger partial charge in [-0.25, -0.2) is 4.98 Å². The normalized spacial score (nSPS) is 15.8. The van der Waals surface area contributed by atoms with Crippen molar-refractivity contribution in [2.45, 2.75) is 26.4 Å². The maximum atomic E-state index is 5.93. The van der Waals surface area contributed by atoms with E-state index in [2.05, 4.69) is 43.3 Å². The highest BCUT2D eigenvalue weighted by atomic mass is 127. The first kappa shape index (κ1) is 22.7. The molecule has 1 aromatic heterocycles. The van der Waals surface area contributed by atoms with Crippen LogP contribution >= 0.6 is 35.5 Å². The van der Waals surface area contributed by atoms with Gasteiger partial charge in [0, 0.05) is 51.2 Å². The Morgan fingerprint density at radius 1 is 1.25 bits per heavy atom.